The minimum Gasteiger partial charge on any atom is -0.299 e. The van der Waals surface area contributed by atoms with E-state index in [9.17, 15) is 4.79 Å². The van der Waals surface area contributed by atoms with Crippen molar-refractivity contribution in [1.29, 1.82) is 0 Å². The van der Waals surface area contributed by atoms with E-state index in [1.807, 2.05) is 18.2 Å². The predicted molar refractivity (Wildman–Crippen MR) is 94.6 cm³/mol. The number of allylic oxidation sites excluding steroid dienone is 1. The van der Waals surface area contributed by atoms with Crippen LogP contribution in [0.2, 0.25) is 0 Å². The molecule has 0 aliphatic carbocycles. The van der Waals surface area contributed by atoms with Crippen molar-refractivity contribution < 1.29 is 4.79 Å². The summed E-state index contributed by atoms with van der Waals surface area (Å²) in [7, 11) is 0. The Bertz CT molecular complexity index is 621. The number of rotatable bonds is 7. The number of Topliss-reactive ketones (excluding diaryl/α,β-unsaturated/α-hetero) is 1. The van der Waals surface area contributed by atoms with Crippen LogP contribution in [-0.2, 0) is 4.79 Å². The van der Waals surface area contributed by atoms with Crippen LogP contribution >= 0.6 is 0 Å². The molecule has 2 aromatic rings. The summed E-state index contributed by atoms with van der Waals surface area (Å²) < 4.78 is 0. The molecule has 0 N–H and O–H groups in total. The lowest BCUT2D eigenvalue weighted by atomic mass is 9.96. The molecule has 2 rings (SSSR count). The van der Waals surface area contributed by atoms with Gasteiger partial charge in [0, 0.05) is 12.8 Å². The monoisotopic (exact) mass is 292 g/mol. The summed E-state index contributed by atoms with van der Waals surface area (Å²) >= 11 is 0. The molecule has 0 fully saturated rings. The second-order valence-corrected chi connectivity index (χ2v) is 5.77. The first-order chi connectivity index (χ1) is 10.7. The van der Waals surface area contributed by atoms with Crippen LogP contribution in [0.1, 0.15) is 49.3 Å². The number of ketones is 1. The topological polar surface area (TPSA) is 17.1 Å². The van der Waals surface area contributed by atoms with Gasteiger partial charge in [0.05, 0.1) is 0 Å². The average molecular weight is 292 g/mol. The van der Waals surface area contributed by atoms with E-state index in [4.69, 9.17) is 0 Å². The van der Waals surface area contributed by atoms with Crippen molar-refractivity contribution in [2.75, 3.05) is 0 Å². The number of carbonyl (C=O) groups is 1. The molecule has 0 aliphatic heterocycles. The van der Waals surface area contributed by atoms with Gasteiger partial charge in [-0.1, -0.05) is 79.6 Å². The maximum Gasteiger partial charge on any atom is 0.137 e. The van der Waals surface area contributed by atoms with Crippen LogP contribution in [0.4, 0.5) is 0 Å². The van der Waals surface area contributed by atoms with E-state index < -0.39 is 0 Å². The van der Waals surface area contributed by atoms with E-state index in [-0.39, 0.29) is 0 Å². The lowest BCUT2D eigenvalue weighted by molar-refractivity contribution is -0.118. The Balaban J connectivity index is 2.25. The predicted octanol–water partition coefficient (Wildman–Crippen LogP) is 5.69. The molecule has 22 heavy (non-hydrogen) atoms. The standard InChI is InChI=1S/C21H24O/c1-3-4-10-21(22)16-20(19-8-6-5-7-9-19)15-18-13-11-17(2)12-14-18/h5-9,11-15H,3-4,10,16H2,1-2H3/b20-15+. The highest BCUT2D eigenvalue weighted by atomic mass is 16.1. The third-order valence-electron chi connectivity index (χ3n) is 3.76. The summed E-state index contributed by atoms with van der Waals surface area (Å²) in [6.45, 7) is 4.20. The zero-order valence-electron chi connectivity index (χ0n) is 13.5. The van der Waals surface area contributed by atoms with Crippen molar-refractivity contribution in [2.45, 2.75) is 39.5 Å². The number of aryl methyl sites for hydroxylation is 1. The molecule has 0 unspecified atom stereocenters. The maximum atomic E-state index is 12.2. The van der Waals surface area contributed by atoms with Gasteiger partial charge in [0.25, 0.3) is 0 Å². The van der Waals surface area contributed by atoms with Gasteiger partial charge in [0.15, 0.2) is 0 Å². The van der Waals surface area contributed by atoms with Crippen molar-refractivity contribution in [3.63, 3.8) is 0 Å². The second-order valence-electron chi connectivity index (χ2n) is 5.77. The molecular formula is C21H24O. The first kappa shape index (κ1) is 16.2. The molecule has 0 atom stereocenters. The highest BCUT2D eigenvalue weighted by Gasteiger charge is 2.08. The van der Waals surface area contributed by atoms with Crippen LogP contribution in [0.3, 0.4) is 0 Å². The SMILES string of the molecule is CCCCC(=O)C/C(=C\c1ccc(C)cc1)c1ccccc1. The van der Waals surface area contributed by atoms with Crippen LogP contribution in [0.15, 0.2) is 54.6 Å². The summed E-state index contributed by atoms with van der Waals surface area (Å²) in [5.74, 6) is 0.323. The zero-order chi connectivity index (χ0) is 15.8. The molecule has 0 aromatic heterocycles. The van der Waals surface area contributed by atoms with E-state index >= 15 is 0 Å². The second kappa shape index (κ2) is 8.33. The fraction of sp³-hybridized carbons (Fsp3) is 0.286. The van der Waals surface area contributed by atoms with Gasteiger partial charge in [-0.05, 0) is 30.0 Å². The third kappa shape index (κ3) is 5.00. The molecule has 0 aliphatic rings. The van der Waals surface area contributed by atoms with Crippen LogP contribution in [0, 0.1) is 6.92 Å². The van der Waals surface area contributed by atoms with Crippen molar-refractivity contribution >= 4 is 17.4 Å². The van der Waals surface area contributed by atoms with Crippen molar-refractivity contribution in [1.82, 2.24) is 0 Å². The Morgan fingerprint density at radius 1 is 1.00 bits per heavy atom. The summed E-state index contributed by atoms with van der Waals surface area (Å²) in [6.07, 6.45) is 5.37. The smallest absolute Gasteiger partial charge is 0.137 e. The Kier molecular flexibility index (Phi) is 6.14. The number of hydrogen-bond acceptors (Lipinski definition) is 1. The average Bonchev–Trinajstić information content (AvgIpc) is 2.55. The highest BCUT2D eigenvalue weighted by molar-refractivity contribution is 5.95. The molecule has 0 saturated heterocycles. The fourth-order valence-electron chi connectivity index (χ4n) is 2.43. The van der Waals surface area contributed by atoms with E-state index in [1.54, 1.807) is 0 Å². The third-order valence-corrected chi connectivity index (χ3v) is 3.76. The van der Waals surface area contributed by atoms with Crippen LogP contribution < -0.4 is 0 Å². The number of hydrogen-bond donors (Lipinski definition) is 0. The fourth-order valence-corrected chi connectivity index (χ4v) is 2.43. The van der Waals surface area contributed by atoms with E-state index in [1.165, 1.54) is 5.56 Å². The van der Waals surface area contributed by atoms with Gasteiger partial charge in [-0.15, -0.1) is 0 Å². The molecule has 0 bridgehead atoms. The summed E-state index contributed by atoms with van der Waals surface area (Å²) in [6, 6.07) is 18.6. The van der Waals surface area contributed by atoms with E-state index in [2.05, 4.69) is 56.3 Å². The summed E-state index contributed by atoms with van der Waals surface area (Å²) in [5, 5.41) is 0. The normalized spacial score (nSPS) is 11.5. The largest absolute Gasteiger partial charge is 0.299 e. The Hall–Kier alpha value is -2.15. The van der Waals surface area contributed by atoms with Gasteiger partial charge < -0.3 is 0 Å². The lowest BCUT2D eigenvalue weighted by Gasteiger charge is -2.08. The molecule has 0 spiro atoms. The molecule has 0 radical (unpaired) electrons. The highest BCUT2D eigenvalue weighted by Crippen LogP contribution is 2.23. The number of unbranched alkanes of at least 4 members (excludes halogenated alkanes) is 1. The molecule has 1 heteroatoms. The summed E-state index contributed by atoms with van der Waals surface area (Å²) in [4.78, 5) is 12.2. The van der Waals surface area contributed by atoms with Gasteiger partial charge in [0.2, 0.25) is 0 Å². The lowest BCUT2D eigenvalue weighted by Crippen LogP contribution is -1.99. The first-order valence-corrected chi connectivity index (χ1v) is 8.03. The van der Waals surface area contributed by atoms with Crippen LogP contribution in [-0.4, -0.2) is 5.78 Å². The van der Waals surface area contributed by atoms with E-state index in [0.29, 0.717) is 18.6 Å². The number of benzene rings is 2. The molecule has 0 saturated carbocycles. The van der Waals surface area contributed by atoms with Crippen LogP contribution in [0.5, 0.6) is 0 Å². The van der Waals surface area contributed by atoms with Crippen molar-refractivity contribution in [3.05, 3.63) is 71.3 Å². The molecule has 114 valence electrons. The van der Waals surface area contributed by atoms with Crippen molar-refractivity contribution in [2.24, 2.45) is 0 Å². The Labute approximate surface area is 133 Å². The molecule has 1 nitrogen and oxygen atoms in total. The molecule has 2 aromatic carbocycles. The Morgan fingerprint density at radius 3 is 2.32 bits per heavy atom. The van der Waals surface area contributed by atoms with E-state index in [0.717, 1.165) is 29.5 Å². The number of carbonyl (C=O) groups excluding carboxylic acids is 1. The zero-order valence-corrected chi connectivity index (χ0v) is 13.5. The van der Waals surface area contributed by atoms with Gasteiger partial charge >= 0.3 is 0 Å². The van der Waals surface area contributed by atoms with Gasteiger partial charge in [0.1, 0.15) is 5.78 Å². The van der Waals surface area contributed by atoms with Crippen molar-refractivity contribution in [3.8, 4) is 0 Å². The first-order valence-electron chi connectivity index (χ1n) is 8.03. The summed E-state index contributed by atoms with van der Waals surface area (Å²) in [5.41, 5.74) is 4.63. The quantitative estimate of drug-likeness (QED) is 0.599. The minimum atomic E-state index is 0.323. The van der Waals surface area contributed by atoms with Gasteiger partial charge in [-0.25, -0.2) is 0 Å². The van der Waals surface area contributed by atoms with Gasteiger partial charge in [-0.3, -0.25) is 4.79 Å². The Morgan fingerprint density at radius 2 is 1.68 bits per heavy atom. The maximum absolute atomic E-state index is 12.2. The molecule has 0 heterocycles. The van der Waals surface area contributed by atoms with Crippen LogP contribution in [0.25, 0.3) is 11.6 Å². The van der Waals surface area contributed by atoms with Gasteiger partial charge in [-0.2, -0.15) is 0 Å². The molecular weight excluding hydrogens is 268 g/mol. The molecule has 0 amide bonds. The minimum absolute atomic E-state index is 0.323.